The molecule has 2 aliphatic rings. The molecule has 22 heavy (non-hydrogen) atoms. The molecule has 4 rings (SSSR count). The number of carbonyl (C=O) groups is 1. The van der Waals surface area contributed by atoms with Gasteiger partial charge in [0.05, 0.1) is 11.1 Å². The number of benzene rings is 1. The van der Waals surface area contributed by atoms with Crippen molar-refractivity contribution in [2.75, 3.05) is 13.1 Å². The monoisotopic (exact) mass is 298 g/mol. The molecule has 0 atom stereocenters. The molecule has 0 aliphatic carbocycles. The zero-order valence-electron chi connectivity index (χ0n) is 12.6. The molecule has 1 aromatic heterocycles. The van der Waals surface area contributed by atoms with Crippen LogP contribution in [0.2, 0.25) is 0 Å². The highest BCUT2D eigenvalue weighted by Crippen LogP contribution is 2.39. The van der Waals surface area contributed by atoms with Gasteiger partial charge < -0.3 is 14.2 Å². The van der Waals surface area contributed by atoms with Crippen LogP contribution in [-0.4, -0.2) is 29.1 Å². The smallest absolute Gasteiger partial charge is 0.276 e. The maximum atomic E-state index is 12.7. The summed E-state index contributed by atoms with van der Waals surface area (Å²) in [5, 5.41) is 4.06. The average molecular weight is 298 g/mol. The van der Waals surface area contributed by atoms with Crippen molar-refractivity contribution in [2.24, 2.45) is 0 Å². The molecule has 0 radical (unpaired) electrons. The summed E-state index contributed by atoms with van der Waals surface area (Å²) in [5.41, 5.74) is 3.18. The highest BCUT2D eigenvalue weighted by molar-refractivity contribution is 5.95. The normalized spacial score (nSPS) is 16.7. The Balaban J connectivity index is 1.72. The summed E-state index contributed by atoms with van der Waals surface area (Å²) >= 11 is 0. The number of fused-ring (bicyclic) bond motifs is 3. The highest BCUT2D eigenvalue weighted by atomic mass is 16.5. The molecular weight excluding hydrogens is 280 g/mol. The van der Waals surface area contributed by atoms with E-state index >= 15 is 0 Å². The number of likely N-dealkylation sites (tertiary alicyclic amines) is 1. The van der Waals surface area contributed by atoms with E-state index in [1.165, 1.54) is 6.42 Å². The second kappa shape index (κ2) is 5.16. The lowest BCUT2D eigenvalue weighted by molar-refractivity contribution is 0.0711. The molecule has 114 valence electrons. The molecule has 0 spiro atoms. The van der Waals surface area contributed by atoms with Crippen molar-refractivity contribution in [1.82, 2.24) is 10.1 Å². The van der Waals surface area contributed by atoms with Crippen LogP contribution < -0.4 is 4.74 Å². The minimum absolute atomic E-state index is 0.0376. The first-order chi connectivity index (χ1) is 10.7. The van der Waals surface area contributed by atoms with Gasteiger partial charge in [-0.2, -0.15) is 0 Å². The number of aromatic nitrogens is 1. The Hall–Kier alpha value is -2.30. The Bertz CT molecular complexity index is 730. The van der Waals surface area contributed by atoms with Crippen molar-refractivity contribution >= 4 is 5.91 Å². The van der Waals surface area contributed by atoms with Crippen molar-refractivity contribution in [3.8, 4) is 17.1 Å². The van der Waals surface area contributed by atoms with E-state index in [0.29, 0.717) is 18.1 Å². The van der Waals surface area contributed by atoms with Crippen LogP contribution in [0.3, 0.4) is 0 Å². The number of nitrogens with zero attached hydrogens (tertiary/aromatic N) is 2. The van der Waals surface area contributed by atoms with E-state index in [-0.39, 0.29) is 5.91 Å². The van der Waals surface area contributed by atoms with Crippen LogP contribution in [-0.2, 0) is 6.61 Å². The Labute approximate surface area is 128 Å². The fourth-order valence-corrected chi connectivity index (χ4v) is 3.17. The van der Waals surface area contributed by atoms with Gasteiger partial charge in [0.1, 0.15) is 12.4 Å². The lowest BCUT2D eigenvalue weighted by atomic mass is 10.0. The molecule has 2 aromatic rings. The van der Waals surface area contributed by atoms with Gasteiger partial charge in [0.2, 0.25) is 0 Å². The molecule has 5 heteroatoms. The van der Waals surface area contributed by atoms with Gasteiger partial charge in [-0.05, 0) is 38.3 Å². The van der Waals surface area contributed by atoms with Gasteiger partial charge in [0.15, 0.2) is 11.5 Å². The summed E-state index contributed by atoms with van der Waals surface area (Å²) in [4.78, 5) is 14.5. The second-order valence-electron chi connectivity index (χ2n) is 5.98. The zero-order chi connectivity index (χ0) is 15.1. The number of ether oxygens (including phenoxy) is 1. The number of rotatable bonds is 1. The van der Waals surface area contributed by atoms with E-state index in [1.54, 1.807) is 0 Å². The van der Waals surface area contributed by atoms with E-state index in [9.17, 15) is 4.79 Å². The van der Waals surface area contributed by atoms with E-state index in [4.69, 9.17) is 9.26 Å². The summed E-state index contributed by atoms with van der Waals surface area (Å²) < 4.78 is 11.3. The molecule has 3 heterocycles. The zero-order valence-corrected chi connectivity index (χ0v) is 12.6. The highest BCUT2D eigenvalue weighted by Gasteiger charge is 2.31. The fourth-order valence-electron chi connectivity index (χ4n) is 3.17. The second-order valence-corrected chi connectivity index (χ2v) is 5.98. The molecule has 0 unspecified atom stereocenters. The molecule has 0 bridgehead atoms. The van der Waals surface area contributed by atoms with Crippen LogP contribution in [0.5, 0.6) is 5.75 Å². The number of aryl methyl sites for hydroxylation is 1. The Morgan fingerprint density at radius 2 is 2.05 bits per heavy atom. The number of amides is 1. The minimum Gasteiger partial charge on any atom is -0.488 e. The summed E-state index contributed by atoms with van der Waals surface area (Å²) in [6.07, 6.45) is 3.31. The van der Waals surface area contributed by atoms with E-state index in [0.717, 1.165) is 48.4 Å². The third-order valence-corrected chi connectivity index (χ3v) is 4.39. The lowest BCUT2D eigenvalue weighted by Gasteiger charge is -2.26. The van der Waals surface area contributed by atoms with Crippen LogP contribution in [0.15, 0.2) is 22.7 Å². The van der Waals surface area contributed by atoms with Crippen molar-refractivity contribution in [3.05, 3.63) is 35.0 Å². The molecule has 0 saturated carbocycles. The van der Waals surface area contributed by atoms with Crippen molar-refractivity contribution in [3.63, 3.8) is 0 Å². The van der Waals surface area contributed by atoms with Crippen molar-refractivity contribution < 1.29 is 14.1 Å². The van der Waals surface area contributed by atoms with Gasteiger partial charge in [0.25, 0.3) is 5.91 Å². The molecule has 1 aromatic carbocycles. The average Bonchev–Trinajstić information content (AvgIpc) is 2.99. The maximum absolute atomic E-state index is 12.7. The molecule has 5 nitrogen and oxygen atoms in total. The molecule has 1 amide bonds. The number of carbonyl (C=O) groups excluding carboxylic acids is 1. The third kappa shape index (κ3) is 2.08. The van der Waals surface area contributed by atoms with Crippen molar-refractivity contribution in [2.45, 2.75) is 32.8 Å². The predicted molar refractivity (Wildman–Crippen MR) is 80.8 cm³/mol. The van der Waals surface area contributed by atoms with Gasteiger partial charge in [-0.25, -0.2) is 0 Å². The van der Waals surface area contributed by atoms with E-state index < -0.39 is 0 Å². The van der Waals surface area contributed by atoms with Crippen LogP contribution in [0.25, 0.3) is 11.3 Å². The maximum Gasteiger partial charge on any atom is 0.276 e. The largest absolute Gasteiger partial charge is 0.488 e. The Morgan fingerprint density at radius 3 is 2.86 bits per heavy atom. The summed E-state index contributed by atoms with van der Waals surface area (Å²) in [7, 11) is 0. The van der Waals surface area contributed by atoms with Crippen LogP contribution >= 0.6 is 0 Å². The SMILES string of the molecule is Cc1ccc2c(c1)-c1onc(C(=O)N3CCCCC3)c1CO2. The minimum atomic E-state index is -0.0376. The number of piperidine rings is 1. The first-order valence-corrected chi connectivity index (χ1v) is 7.75. The molecular formula is C17H18N2O3. The standard InChI is InChI=1S/C17H18N2O3/c1-11-5-6-14-12(9-11)16-13(10-21-14)15(18-22-16)17(20)19-7-3-2-4-8-19/h5-6,9H,2-4,7-8,10H2,1H3. The summed E-state index contributed by atoms with van der Waals surface area (Å²) in [6.45, 7) is 3.96. The Morgan fingerprint density at radius 1 is 1.23 bits per heavy atom. The van der Waals surface area contributed by atoms with Crippen LogP contribution in [0, 0.1) is 6.92 Å². The van der Waals surface area contributed by atoms with Gasteiger partial charge in [0, 0.05) is 13.1 Å². The summed E-state index contributed by atoms with van der Waals surface area (Å²) in [5.74, 6) is 1.42. The first-order valence-electron chi connectivity index (χ1n) is 7.75. The predicted octanol–water partition coefficient (Wildman–Crippen LogP) is 3.17. The topological polar surface area (TPSA) is 55.6 Å². The lowest BCUT2D eigenvalue weighted by Crippen LogP contribution is -2.36. The van der Waals surface area contributed by atoms with E-state index in [1.807, 2.05) is 30.0 Å². The molecule has 1 saturated heterocycles. The summed E-state index contributed by atoms with van der Waals surface area (Å²) in [6, 6.07) is 5.94. The fraction of sp³-hybridized carbons (Fsp3) is 0.412. The van der Waals surface area contributed by atoms with Crippen LogP contribution in [0.1, 0.15) is 40.9 Å². The Kier molecular flexibility index (Phi) is 3.13. The first kappa shape index (κ1) is 13.4. The van der Waals surface area contributed by atoms with Gasteiger partial charge in [-0.1, -0.05) is 16.8 Å². The third-order valence-electron chi connectivity index (χ3n) is 4.39. The quantitative estimate of drug-likeness (QED) is 0.811. The van der Waals surface area contributed by atoms with Gasteiger partial charge in [-0.3, -0.25) is 4.79 Å². The molecule has 1 fully saturated rings. The van der Waals surface area contributed by atoms with Crippen molar-refractivity contribution in [1.29, 1.82) is 0 Å². The van der Waals surface area contributed by atoms with Crippen LogP contribution in [0.4, 0.5) is 0 Å². The number of hydrogen-bond acceptors (Lipinski definition) is 4. The van der Waals surface area contributed by atoms with Gasteiger partial charge >= 0.3 is 0 Å². The molecule has 0 N–H and O–H groups in total. The van der Waals surface area contributed by atoms with E-state index in [2.05, 4.69) is 5.16 Å². The number of hydrogen-bond donors (Lipinski definition) is 0. The molecule has 2 aliphatic heterocycles. The van der Waals surface area contributed by atoms with Gasteiger partial charge in [-0.15, -0.1) is 0 Å².